The fourth-order valence-electron chi connectivity index (χ4n) is 2.45. The van der Waals surface area contributed by atoms with Crippen LogP contribution in [0.25, 0.3) is 0 Å². The van der Waals surface area contributed by atoms with E-state index in [2.05, 4.69) is 26.3 Å². The number of hydrogen-bond acceptors (Lipinski definition) is 5. The molecule has 0 radical (unpaired) electrons. The minimum Gasteiger partial charge on any atom is -0.355 e. The Morgan fingerprint density at radius 3 is 2.89 bits per heavy atom. The van der Waals surface area contributed by atoms with E-state index in [-0.39, 0.29) is 0 Å². The number of rotatable bonds is 1. The van der Waals surface area contributed by atoms with Crippen LogP contribution < -0.4 is 10.2 Å². The van der Waals surface area contributed by atoms with Crippen LogP contribution in [0, 0.1) is 11.3 Å². The maximum atomic E-state index is 9.27. The Balaban J connectivity index is 2.02. The number of pyridine rings is 1. The minimum absolute atomic E-state index is 0.561. The molecule has 5 nitrogen and oxygen atoms in total. The first-order valence-corrected chi connectivity index (χ1v) is 6.32. The molecular weight excluding hydrogens is 226 g/mol. The van der Waals surface area contributed by atoms with Gasteiger partial charge in [-0.1, -0.05) is 0 Å². The first-order valence-electron chi connectivity index (χ1n) is 6.32. The number of aliphatic imine (C=N–C) groups is 1. The summed E-state index contributed by atoms with van der Waals surface area (Å²) in [4.78, 5) is 11.0. The average molecular weight is 241 g/mol. The summed E-state index contributed by atoms with van der Waals surface area (Å²) in [6.45, 7) is 2.55. The molecule has 0 atom stereocenters. The zero-order valence-electron chi connectivity index (χ0n) is 10.2. The molecule has 5 heteroatoms. The number of nitrogens with zero attached hydrogens (tertiary/aromatic N) is 4. The molecule has 1 aromatic heterocycles. The molecule has 0 spiro atoms. The zero-order valence-corrected chi connectivity index (χ0v) is 10.2. The normalized spacial score (nSPS) is 17.8. The maximum Gasteiger partial charge on any atom is 0.149 e. The fourth-order valence-corrected chi connectivity index (χ4v) is 2.45. The van der Waals surface area contributed by atoms with Crippen LogP contribution in [-0.2, 0) is 0 Å². The van der Waals surface area contributed by atoms with Crippen molar-refractivity contribution in [3.05, 3.63) is 17.2 Å². The number of fused-ring (bicyclic) bond motifs is 1. The van der Waals surface area contributed by atoms with Gasteiger partial charge in [-0.15, -0.1) is 0 Å². The van der Waals surface area contributed by atoms with E-state index in [4.69, 9.17) is 0 Å². The summed E-state index contributed by atoms with van der Waals surface area (Å²) in [6.07, 6.45) is 5.41. The molecule has 1 saturated heterocycles. The Hall–Kier alpha value is -2.09. The van der Waals surface area contributed by atoms with Crippen molar-refractivity contribution < 1.29 is 0 Å². The van der Waals surface area contributed by atoms with Crippen LogP contribution in [0.2, 0.25) is 0 Å². The van der Waals surface area contributed by atoms with E-state index >= 15 is 0 Å². The van der Waals surface area contributed by atoms with Gasteiger partial charge in [0, 0.05) is 24.9 Å². The van der Waals surface area contributed by atoms with Gasteiger partial charge in [-0.2, -0.15) is 5.26 Å². The lowest BCUT2D eigenvalue weighted by atomic mass is 10.1. The number of piperidine rings is 1. The highest BCUT2D eigenvalue weighted by Crippen LogP contribution is 2.26. The molecule has 0 aliphatic carbocycles. The number of nitriles is 1. The van der Waals surface area contributed by atoms with Crippen molar-refractivity contribution in [1.29, 1.82) is 5.26 Å². The van der Waals surface area contributed by atoms with Crippen LogP contribution >= 0.6 is 0 Å². The van der Waals surface area contributed by atoms with Gasteiger partial charge in [0.05, 0.1) is 5.56 Å². The molecule has 0 bridgehead atoms. The van der Waals surface area contributed by atoms with E-state index in [9.17, 15) is 5.26 Å². The summed E-state index contributed by atoms with van der Waals surface area (Å²) >= 11 is 0. The van der Waals surface area contributed by atoms with E-state index in [0.717, 1.165) is 30.3 Å². The Morgan fingerprint density at radius 1 is 1.28 bits per heavy atom. The molecule has 0 saturated carbocycles. The summed E-state index contributed by atoms with van der Waals surface area (Å²) < 4.78 is 0. The van der Waals surface area contributed by atoms with Gasteiger partial charge in [0.2, 0.25) is 0 Å². The first-order chi connectivity index (χ1) is 8.88. The van der Waals surface area contributed by atoms with E-state index < -0.39 is 0 Å². The molecule has 1 fully saturated rings. The minimum atomic E-state index is 0.561. The molecule has 0 aromatic carbocycles. The third-order valence-electron chi connectivity index (χ3n) is 3.38. The summed E-state index contributed by atoms with van der Waals surface area (Å²) in [7, 11) is 0. The lowest BCUT2D eigenvalue weighted by Crippen LogP contribution is -2.31. The predicted molar refractivity (Wildman–Crippen MR) is 71.1 cm³/mol. The summed E-state index contributed by atoms with van der Waals surface area (Å²) in [6, 6.07) is 4.13. The maximum absolute atomic E-state index is 9.27. The van der Waals surface area contributed by atoms with Crippen molar-refractivity contribution in [2.75, 3.05) is 30.0 Å². The van der Waals surface area contributed by atoms with Gasteiger partial charge in [-0.05, 0) is 25.3 Å². The monoisotopic (exact) mass is 241 g/mol. The third kappa shape index (κ3) is 1.90. The number of anilines is 2. The molecule has 0 unspecified atom stereocenters. The van der Waals surface area contributed by atoms with Crippen LogP contribution in [0.3, 0.4) is 0 Å². The summed E-state index contributed by atoms with van der Waals surface area (Å²) in [5.41, 5.74) is 1.55. The predicted octanol–water partition coefficient (Wildman–Crippen LogP) is 1.75. The van der Waals surface area contributed by atoms with Gasteiger partial charge in [-0.3, -0.25) is 4.99 Å². The quantitative estimate of drug-likeness (QED) is 0.813. The molecule has 1 aromatic rings. The molecule has 18 heavy (non-hydrogen) atoms. The highest BCUT2D eigenvalue weighted by atomic mass is 15.2. The second kappa shape index (κ2) is 4.65. The van der Waals surface area contributed by atoms with Gasteiger partial charge in [-0.25, -0.2) is 4.98 Å². The summed E-state index contributed by atoms with van der Waals surface area (Å²) in [5.74, 6) is 1.66. The van der Waals surface area contributed by atoms with Crippen molar-refractivity contribution in [2.24, 2.45) is 4.99 Å². The van der Waals surface area contributed by atoms with Crippen molar-refractivity contribution >= 4 is 17.9 Å². The Labute approximate surface area is 106 Å². The van der Waals surface area contributed by atoms with E-state index in [1.54, 1.807) is 6.21 Å². The Kier molecular flexibility index (Phi) is 2.85. The smallest absolute Gasteiger partial charge is 0.149 e. The van der Waals surface area contributed by atoms with Gasteiger partial charge in [0.25, 0.3) is 0 Å². The molecular formula is C13H15N5. The van der Waals surface area contributed by atoms with Crippen molar-refractivity contribution in [3.63, 3.8) is 0 Å². The SMILES string of the molecule is N#Cc1cc2c(nc1N1CCCCC1)NCN=C2. The number of nitrogens with one attached hydrogen (secondary N) is 1. The highest BCUT2D eigenvalue weighted by Gasteiger charge is 2.19. The second-order valence-corrected chi connectivity index (χ2v) is 4.60. The molecule has 0 amide bonds. The topological polar surface area (TPSA) is 64.3 Å². The second-order valence-electron chi connectivity index (χ2n) is 4.60. The molecule has 3 heterocycles. The van der Waals surface area contributed by atoms with Crippen molar-refractivity contribution in [2.45, 2.75) is 19.3 Å². The van der Waals surface area contributed by atoms with Gasteiger partial charge >= 0.3 is 0 Å². The molecule has 3 rings (SSSR count). The lowest BCUT2D eigenvalue weighted by Gasteiger charge is -2.29. The van der Waals surface area contributed by atoms with Gasteiger partial charge in [0.15, 0.2) is 0 Å². The zero-order chi connectivity index (χ0) is 12.4. The Morgan fingerprint density at radius 2 is 2.11 bits per heavy atom. The van der Waals surface area contributed by atoms with Crippen molar-refractivity contribution in [3.8, 4) is 6.07 Å². The molecule has 92 valence electrons. The molecule has 2 aliphatic rings. The Bertz CT molecular complexity index is 523. The van der Waals surface area contributed by atoms with Crippen LogP contribution in [-0.4, -0.2) is 31.0 Å². The highest BCUT2D eigenvalue weighted by molar-refractivity contribution is 5.89. The summed E-state index contributed by atoms with van der Waals surface area (Å²) in [5, 5.41) is 12.4. The van der Waals surface area contributed by atoms with Gasteiger partial charge < -0.3 is 10.2 Å². The molecule has 2 aliphatic heterocycles. The van der Waals surface area contributed by atoms with Crippen LogP contribution in [0.4, 0.5) is 11.6 Å². The van der Waals surface area contributed by atoms with Crippen LogP contribution in [0.15, 0.2) is 11.1 Å². The fraction of sp³-hybridized carbons (Fsp3) is 0.462. The van der Waals surface area contributed by atoms with Crippen LogP contribution in [0.5, 0.6) is 0 Å². The largest absolute Gasteiger partial charge is 0.355 e. The van der Waals surface area contributed by atoms with E-state index in [1.165, 1.54) is 19.3 Å². The van der Waals surface area contributed by atoms with Gasteiger partial charge in [0.1, 0.15) is 24.4 Å². The third-order valence-corrected chi connectivity index (χ3v) is 3.38. The van der Waals surface area contributed by atoms with Crippen molar-refractivity contribution in [1.82, 2.24) is 4.98 Å². The standard InChI is InChI=1S/C13H15N5/c14-7-10-6-11-8-15-9-16-12(11)17-13(10)18-4-2-1-3-5-18/h6,8H,1-5,9H2,(H,16,17). The average Bonchev–Trinajstić information content (AvgIpc) is 2.46. The number of hydrogen-bond donors (Lipinski definition) is 1. The molecule has 1 N–H and O–H groups in total. The van der Waals surface area contributed by atoms with Crippen LogP contribution in [0.1, 0.15) is 30.4 Å². The van der Waals surface area contributed by atoms with E-state index in [1.807, 2.05) is 6.07 Å². The lowest BCUT2D eigenvalue weighted by molar-refractivity contribution is 0.573. The number of aromatic nitrogens is 1. The van der Waals surface area contributed by atoms with E-state index in [0.29, 0.717) is 12.2 Å². The first kappa shape index (κ1) is 11.0.